The molecule has 5 heteroatoms. The molecule has 0 aliphatic heterocycles. The van der Waals surface area contributed by atoms with Crippen molar-refractivity contribution in [2.24, 2.45) is 0 Å². The van der Waals surface area contributed by atoms with Crippen molar-refractivity contribution in [1.29, 1.82) is 0 Å². The van der Waals surface area contributed by atoms with E-state index in [2.05, 4.69) is 19.9 Å². The number of aliphatic hydroxyl groups is 1. The SMILES string of the molecule is CC(C)(CO)c1nc2ncncc2[nH]1. The van der Waals surface area contributed by atoms with Crippen molar-refractivity contribution >= 4 is 11.2 Å². The first-order valence-corrected chi connectivity index (χ1v) is 4.40. The lowest BCUT2D eigenvalue weighted by molar-refractivity contribution is 0.212. The number of imidazole rings is 1. The fraction of sp³-hybridized carbons (Fsp3) is 0.444. The van der Waals surface area contributed by atoms with Crippen molar-refractivity contribution in [3.05, 3.63) is 18.3 Å². The third-order valence-electron chi connectivity index (χ3n) is 2.20. The molecule has 2 N–H and O–H groups in total. The monoisotopic (exact) mass is 192 g/mol. The summed E-state index contributed by atoms with van der Waals surface area (Å²) in [5.41, 5.74) is 1.06. The van der Waals surface area contributed by atoms with E-state index in [1.165, 1.54) is 6.33 Å². The highest BCUT2D eigenvalue weighted by atomic mass is 16.3. The van der Waals surface area contributed by atoms with E-state index < -0.39 is 0 Å². The molecule has 2 heterocycles. The van der Waals surface area contributed by atoms with Crippen molar-refractivity contribution in [3.63, 3.8) is 0 Å². The summed E-state index contributed by atoms with van der Waals surface area (Å²) in [7, 11) is 0. The molecule has 2 rings (SSSR count). The van der Waals surface area contributed by atoms with E-state index in [0.717, 1.165) is 11.3 Å². The van der Waals surface area contributed by atoms with Crippen LogP contribution in [0.2, 0.25) is 0 Å². The number of aliphatic hydroxyl groups excluding tert-OH is 1. The third-order valence-corrected chi connectivity index (χ3v) is 2.20. The molecular weight excluding hydrogens is 180 g/mol. The molecule has 0 unspecified atom stereocenters. The smallest absolute Gasteiger partial charge is 0.180 e. The van der Waals surface area contributed by atoms with Gasteiger partial charge in [-0.1, -0.05) is 13.8 Å². The van der Waals surface area contributed by atoms with Gasteiger partial charge in [-0.3, -0.25) is 0 Å². The van der Waals surface area contributed by atoms with Gasteiger partial charge in [0.1, 0.15) is 17.7 Å². The Morgan fingerprint density at radius 3 is 2.93 bits per heavy atom. The average Bonchev–Trinajstić information content (AvgIpc) is 2.61. The van der Waals surface area contributed by atoms with Gasteiger partial charge in [0.15, 0.2) is 5.65 Å². The van der Waals surface area contributed by atoms with Crippen molar-refractivity contribution in [3.8, 4) is 0 Å². The quantitative estimate of drug-likeness (QED) is 0.731. The number of H-pyrrole nitrogens is 1. The van der Waals surface area contributed by atoms with Crippen molar-refractivity contribution < 1.29 is 5.11 Å². The Labute approximate surface area is 81.2 Å². The molecule has 0 amide bonds. The van der Waals surface area contributed by atoms with Crippen molar-refractivity contribution in [1.82, 2.24) is 19.9 Å². The van der Waals surface area contributed by atoms with Crippen molar-refractivity contribution in [2.75, 3.05) is 6.61 Å². The highest BCUT2D eigenvalue weighted by molar-refractivity contribution is 5.68. The normalized spacial score (nSPS) is 12.2. The first kappa shape index (κ1) is 9.08. The summed E-state index contributed by atoms with van der Waals surface area (Å²) >= 11 is 0. The first-order valence-electron chi connectivity index (χ1n) is 4.40. The van der Waals surface area contributed by atoms with Gasteiger partial charge in [0.05, 0.1) is 12.8 Å². The zero-order valence-electron chi connectivity index (χ0n) is 8.15. The van der Waals surface area contributed by atoms with E-state index in [0.29, 0.717) is 5.65 Å². The largest absolute Gasteiger partial charge is 0.395 e. The Bertz CT molecular complexity index is 416. The van der Waals surface area contributed by atoms with Crippen LogP contribution in [0.4, 0.5) is 0 Å². The molecular formula is C9H12N4O. The van der Waals surface area contributed by atoms with Gasteiger partial charge >= 0.3 is 0 Å². The number of nitrogens with zero attached hydrogens (tertiary/aromatic N) is 3. The molecule has 0 aromatic carbocycles. The number of aromatic amines is 1. The van der Waals surface area contributed by atoms with Crippen LogP contribution in [0.3, 0.4) is 0 Å². The second-order valence-corrected chi connectivity index (χ2v) is 3.89. The minimum absolute atomic E-state index is 0.0419. The Morgan fingerprint density at radius 1 is 1.50 bits per heavy atom. The lowest BCUT2D eigenvalue weighted by atomic mass is 9.94. The van der Waals surface area contributed by atoms with Crippen LogP contribution in [-0.4, -0.2) is 31.6 Å². The van der Waals surface area contributed by atoms with E-state index in [4.69, 9.17) is 0 Å². The molecule has 2 aromatic rings. The maximum absolute atomic E-state index is 9.18. The highest BCUT2D eigenvalue weighted by Crippen LogP contribution is 2.20. The van der Waals surface area contributed by atoms with Gasteiger partial charge in [-0.25, -0.2) is 15.0 Å². The molecule has 0 spiro atoms. The Morgan fingerprint density at radius 2 is 2.29 bits per heavy atom. The number of hydrogen-bond donors (Lipinski definition) is 2. The molecule has 2 aromatic heterocycles. The molecule has 0 bridgehead atoms. The van der Waals surface area contributed by atoms with Crippen LogP contribution in [-0.2, 0) is 5.41 Å². The standard InChI is InChI=1S/C9H12N4O/c1-9(2,4-14)8-12-6-3-10-5-11-7(6)13-8/h3,5,14H,4H2,1-2H3,(H,10,11,12,13). The summed E-state index contributed by atoms with van der Waals surface area (Å²) in [4.78, 5) is 15.3. The van der Waals surface area contributed by atoms with Gasteiger partial charge < -0.3 is 10.1 Å². The molecule has 0 aliphatic rings. The van der Waals surface area contributed by atoms with Gasteiger partial charge in [0.2, 0.25) is 0 Å². The molecule has 0 saturated heterocycles. The molecule has 14 heavy (non-hydrogen) atoms. The summed E-state index contributed by atoms with van der Waals surface area (Å²) in [5, 5.41) is 9.18. The Kier molecular flexibility index (Phi) is 1.96. The van der Waals surface area contributed by atoms with Crippen LogP contribution < -0.4 is 0 Å². The molecule has 74 valence electrons. The van der Waals surface area contributed by atoms with E-state index in [9.17, 15) is 5.11 Å². The van der Waals surface area contributed by atoms with E-state index >= 15 is 0 Å². The highest BCUT2D eigenvalue weighted by Gasteiger charge is 2.23. The van der Waals surface area contributed by atoms with Crippen LogP contribution in [0.25, 0.3) is 11.2 Å². The number of aromatic nitrogens is 4. The Balaban J connectivity index is 2.55. The summed E-state index contributed by atoms with van der Waals surface area (Å²) in [6, 6.07) is 0. The zero-order chi connectivity index (χ0) is 10.2. The van der Waals surface area contributed by atoms with Crippen LogP contribution in [0.15, 0.2) is 12.5 Å². The number of fused-ring (bicyclic) bond motifs is 1. The lowest BCUT2D eigenvalue weighted by Gasteiger charge is -2.17. The fourth-order valence-electron chi connectivity index (χ4n) is 1.16. The van der Waals surface area contributed by atoms with Gasteiger partial charge in [-0.2, -0.15) is 0 Å². The molecule has 0 saturated carbocycles. The predicted molar refractivity (Wildman–Crippen MR) is 51.8 cm³/mol. The van der Waals surface area contributed by atoms with E-state index in [-0.39, 0.29) is 12.0 Å². The number of rotatable bonds is 2. The zero-order valence-corrected chi connectivity index (χ0v) is 8.15. The van der Waals surface area contributed by atoms with Gasteiger partial charge in [0, 0.05) is 5.41 Å². The molecule has 5 nitrogen and oxygen atoms in total. The summed E-state index contributed by atoms with van der Waals surface area (Å²) in [6.07, 6.45) is 3.13. The van der Waals surface area contributed by atoms with E-state index in [1.54, 1.807) is 6.20 Å². The number of nitrogens with one attached hydrogen (secondary N) is 1. The third kappa shape index (κ3) is 1.35. The summed E-state index contributed by atoms with van der Waals surface area (Å²) < 4.78 is 0. The summed E-state index contributed by atoms with van der Waals surface area (Å²) in [5.74, 6) is 0.732. The molecule has 0 aliphatic carbocycles. The predicted octanol–water partition coefficient (Wildman–Crippen LogP) is 0.623. The van der Waals surface area contributed by atoms with Gasteiger partial charge in [-0.05, 0) is 0 Å². The maximum atomic E-state index is 9.18. The molecule has 0 radical (unpaired) electrons. The summed E-state index contributed by atoms with van der Waals surface area (Å²) in [6.45, 7) is 3.87. The van der Waals surface area contributed by atoms with Crippen LogP contribution in [0.1, 0.15) is 19.7 Å². The number of hydrogen-bond acceptors (Lipinski definition) is 4. The van der Waals surface area contributed by atoms with Crippen LogP contribution in [0.5, 0.6) is 0 Å². The molecule has 0 atom stereocenters. The van der Waals surface area contributed by atoms with Crippen LogP contribution >= 0.6 is 0 Å². The molecule has 0 fully saturated rings. The fourth-order valence-corrected chi connectivity index (χ4v) is 1.16. The lowest BCUT2D eigenvalue weighted by Crippen LogP contribution is -2.23. The average molecular weight is 192 g/mol. The first-order chi connectivity index (χ1) is 6.63. The van der Waals surface area contributed by atoms with Crippen molar-refractivity contribution in [2.45, 2.75) is 19.3 Å². The van der Waals surface area contributed by atoms with E-state index in [1.807, 2.05) is 13.8 Å². The van der Waals surface area contributed by atoms with Gasteiger partial charge in [0.25, 0.3) is 0 Å². The topological polar surface area (TPSA) is 74.7 Å². The second-order valence-electron chi connectivity index (χ2n) is 3.89. The second kappa shape index (κ2) is 3.02. The van der Waals surface area contributed by atoms with Crippen LogP contribution in [0, 0.1) is 0 Å². The minimum Gasteiger partial charge on any atom is -0.395 e. The minimum atomic E-state index is -0.374. The maximum Gasteiger partial charge on any atom is 0.180 e. The van der Waals surface area contributed by atoms with Gasteiger partial charge in [-0.15, -0.1) is 0 Å². The Hall–Kier alpha value is -1.49.